The zero-order valence-electron chi connectivity index (χ0n) is 12.3. The maximum Gasteiger partial charge on any atom is 0.335 e. The van der Waals surface area contributed by atoms with Crippen molar-refractivity contribution in [1.82, 2.24) is 5.32 Å². The lowest BCUT2D eigenvalue weighted by Gasteiger charge is -2.15. The predicted molar refractivity (Wildman–Crippen MR) is 75.3 cm³/mol. The number of benzene rings is 1. The average Bonchev–Trinajstić information content (AvgIpc) is 2.50. The van der Waals surface area contributed by atoms with Crippen LogP contribution >= 0.6 is 0 Å². The molecule has 0 aliphatic heterocycles. The first-order valence-electron chi connectivity index (χ1n) is 6.36. The molecule has 0 saturated heterocycles. The molecule has 2 N–H and O–H groups in total. The standard InChI is InChI=1S/C14H19NO6/c1-15-12(16)5-4-6-21-13-10(19-2)7-9(14(17)18)8-11(13)20-3/h7-8H,4-6H2,1-3H3,(H,15,16)(H,17,18). The number of ether oxygens (including phenoxy) is 3. The molecule has 1 amide bonds. The number of hydrogen-bond acceptors (Lipinski definition) is 5. The van der Waals surface area contributed by atoms with Crippen LogP contribution in [0.15, 0.2) is 12.1 Å². The van der Waals surface area contributed by atoms with E-state index in [1.807, 2.05) is 0 Å². The number of hydrogen-bond donors (Lipinski definition) is 2. The number of carbonyl (C=O) groups excluding carboxylic acids is 1. The van der Waals surface area contributed by atoms with Gasteiger partial charge in [0.25, 0.3) is 0 Å². The summed E-state index contributed by atoms with van der Waals surface area (Å²) >= 11 is 0. The highest BCUT2D eigenvalue weighted by Gasteiger charge is 2.17. The first-order chi connectivity index (χ1) is 10.0. The van der Waals surface area contributed by atoms with Gasteiger partial charge in [-0.05, 0) is 18.6 Å². The Morgan fingerprint density at radius 1 is 1.19 bits per heavy atom. The molecule has 0 atom stereocenters. The summed E-state index contributed by atoms with van der Waals surface area (Å²) in [6.45, 7) is 0.284. The maximum atomic E-state index is 11.1. The molecular weight excluding hydrogens is 278 g/mol. The third kappa shape index (κ3) is 4.55. The van der Waals surface area contributed by atoms with Gasteiger partial charge in [-0.25, -0.2) is 4.79 Å². The first-order valence-corrected chi connectivity index (χ1v) is 6.36. The predicted octanol–water partition coefficient (Wildman–Crippen LogP) is 1.31. The summed E-state index contributed by atoms with van der Waals surface area (Å²) in [5, 5.41) is 11.5. The lowest BCUT2D eigenvalue weighted by molar-refractivity contribution is -0.120. The third-order valence-electron chi connectivity index (χ3n) is 2.78. The number of amides is 1. The van der Waals surface area contributed by atoms with E-state index in [1.54, 1.807) is 7.05 Å². The third-order valence-corrected chi connectivity index (χ3v) is 2.78. The van der Waals surface area contributed by atoms with Crippen LogP contribution in [-0.2, 0) is 4.79 Å². The maximum absolute atomic E-state index is 11.1. The van der Waals surface area contributed by atoms with Gasteiger partial charge in [-0.2, -0.15) is 0 Å². The summed E-state index contributed by atoms with van der Waals surface area (Å²) in [7, 11) is 4.40. The van der Waals surface area contributed by atoms with E-state index in [1.165, 1.54) is 26.4 Å². The molecule has 0 aliphatic carbocycles. The molecule has 1 aromatic carbocycles. The summed E-state index contributed by atoms with van der Waals surface area (Å²) in [5.74, 6) is -0.295. The minimum absolute atomic E-state index is 0.0430. The topological polar surface area (TPSA) is 94.1 Å². The Morgan fingerprint density at radius 3 is 2.19 bits per heavy atom. The molecule has 0 spiro atoms. The van der Waals surface area contributed by atoms with Gasteiger partial charge in [0, 0.05) is 13.5 Å². The van der Waals surface area contributed by atoms with Crippen LogP contribution in [0.1, 0.15) is 23.2 Å². The zero-order chi connectivity index (χ0) is 15.8. The highest BCUT2D eigenvalue weighted by Crippen LogP contribution is 2.38. The van der Waals surface area contributed by atoms with Gasteiger partial charge in [0.2, 0.25) is 11.7 Å². The van der Waals surface area contributed by atoms with E-state index >= 15 is 0 Å². The average molecular weight is 297 g/mol. The fraction of sp³-hybridized carbons (Fsp3) is 0.429. The Hall–Kier alpha value is -2.44. The van der Waals surface area contributed by atoms with Crippen molar-refractivity contribution in [3.8, 4) is 17.2 Å². The second kappa shape index (κ2) is 7.98. The van der Waals surface area contributed by atoms with Crippen LogP contribution in [0.5, 0.6) is 17.2 Å². The molecule has 0 aliphatic rings. The fourth-order valence-corrected chi connectivity index (χ4v) is 1.68. The van der Waals surface area contributed by atoms with Gasteiger partial charge in [0.1, 0.15) is 0 Å². The molecule has 0 bridgehead atoms. The Labute approximate surface area is 122 Å². The lowest BCUT2D eigenvalue weighted by atomic mass is 10.2. The van der Waals surface area contributed by atoms with Crippen LogP contribution in [0.25, 0.3) is 0 Å². The molecule has 7 heteroatoms. The SMILES string of the molecule is CNC(=O)CCCOc1c(OC)cc(C(=O)O)cc1OC. The second-order valence-electron chi connectivity index (χ2n) is 4.14. The first kappa shape index (κ1) is 16.6. The van der Waals surface area contributed by atoms with E-state index in [4.69, 9.17) is 19.3 Å². The Morgan fingerprint density at radius 2 is 1.76 bits per heavy atom. The number of carboxylic acid groups (broad SMARTS) is 1. The molecule has 0 saturated carbocycles. The van der Waals surface area contributed by atoms with Crippen molar-refractivity contribution in [2.75, 3.05) is 27.9 Å². The molecular formula is C14H19NO6. The van der Waals surface area contributed by atoms with Crippen molar-refractivity contribution in [2.45, 2.75) is 12.8 Å². The summed E-state index contributed by atoms with van der Waals surface area (Å²) < 4.78 is 15.8. The molecule has 0 fully saturated rings. The Kier molecular flexibility index (Phi) is 6.32. The largest absolute Gasteiger partial charge is 0.493 e. The van der Waals surface area contributed by atoms with Gasteiger partial charge in [0.05, 0.1) is 26.4 Å². The number of rotatable bonds is 8. The highest BCUT2D eigenvalue weighted by atomic mass is 16.5. The van der Waals surface area contributed by atoms with Crippen molar-refractivity contribution in [3.05, 3.63) is 17.7 Å². The molecule has 1 aromatic rings. The van der Waals surface area contributed by atoms with E-state index in [9.17, 15) is 9.59 Å². The van der Waals surface area contributed by atoms with E-state index in [-0.39, 0.29) is 29.6 Å². The molecule has 7 nitrogen and oxygen atoms in total. The number of aromatic carboxylic acids is 1. The number of methoxy groups -OCH3 is 2. The van der Waals surface area contributed by atoms with Crippen LogP contribution in [-0.4, -0.2) is 44.9 Å². The minimum Gasteiger partial charge on any atom is -0.493 e. The highest BCUT2D eigenvalue weighted by molar-refractivity contribution is 5.89. The van der Waals surface area contributed by atoms with Crippen LogP contribution < -0.4 is 19.5 Å². The van der Waals surface area contributed by atoms with E-state index in [2.05, 4.69) is 5.32 Å². The quantitative estimate of drug-likeness (QED) is 0.703. The molecule has 0 aromatic heterocycles. The Bertz CT molecular complexity index is 489. The van der Waals surface area contributed by atoms with Crippen molar-refractivity contribution >= 4 is 11.9 Å². The van der Waals surface area contributed by atoms with Crippen LogP contribution in [0.4, 0.5) is 0 Å². The zero-order valence-corrected chi connectivity index (χ0v) is 12.3. The molecule has 1 rings (SSSR count). The normalized spacial score (nSPS) is 9.86. The number of carbonyl (C=O) groups is 2. The van der Waals surface area contributed by atoms with E-state index in [0.29, 0.717) is 18.6 Å². The lowest BCUT2D eigenvalue weighted by Crippen LogP contribution is -2.18. The van der Waals surface area contributed by atoms with Gasteiger partial charge in [-0.1, -0.05) is 0 Å². The summed E-state index contributed by atoms with van der Waals surface area (Å²) in [6, 6.07) is 2.72. The summed E-state index contributed by atoms with van der Waals surface area (Å²) in [6.07, 6.45) is 0.862. The summed E-state index contributed by atoms with van der Waals surface area (Å²) in [5.41, 5.74) is 0.0430. The van der Waals surface area contributed by atoms with Crippen molar-refractivity contribution in [1.29, 1.82) is 0 Å². The second-order valence-corrected chi connectivity index (χ2v) is 4.14. The summed E-state index contributed by atoms with van der Waals surface area (Å²) in [4.78, 5) is 22.1. The van der Waals surface area contributed by atoms with E-state index < -0.39 is 5.97 Å². The van der Waals surface area contributed by atoms with Gasteiger partial charge in [0.15, 0.2) is 11.5 Å². The number of carboxylic acids is 1. The van der Waals surface area contributed by atoms with Crippen LogP contribution in [0.3, 0.4) is 0 Å². The molecule has 21 heavy (non-hydrogen) atoms. The van der Waals surface area contributed by atoms with Gasteiger partial charge in [-0.3, -0.25) is 4.79 Å². The minimum atomic E-state index is -1.09. The van der Waals surface area contributed by atoms with Crippen LogP contribution in [0, 0.1) is 0 Å². The van der Waals surface area contributed by atoms with Crippen molar-refractivity contribution in [2.24, 2.45) is 0 Å². The molecule has 0 unspecified atom stereocenters. The smallest absolute Gasteiger partial charge is 0.335 e. The van der Waals surface area contributed by atoms with Gasteiger partial charge < -0.3 is 24.6 Å². The van der Waals surface area contributed by atoms with Gasteiger partial charge >= 0.3 is 5.97 Å². The number of nitrogens with one attached hydrogen (secondary N) is 1. The van der Waals surface area contributed by atoms with Crippen molar-refractivity contribution in [3.63, 3.8) is 0 Å². The fourth-order valence-electron chi connectivity index (χ4n) is 1.68. The van der Waals surface area contributed by atoms with Gasteiger partial charge in [-0.15, -0.1) is 0 Å². The monoisotopic (exact) mass is 297 g/mol. The van der Waals surface area contributed by atoms with Crippen molar-refractivity contribution < 1.29 is 28.9 Å². The molecule has 0 radical (unpaired) electrons. The Balaban J connectivity index is 2.84. The molecule has 0 heterocycles. The van der Waals surface area contributed by atoms with Crippen LogP contribution in [0.2, 0.25) is 0 Å². The molecule has 116 valence electrons. The van der Waals surface area contributed by atoms with E-state index in [0.717, 1.165) is 0 Å².